The highest BCUT2D eigenvalue weighted by Crippen LogP contribution is 2.33. The number of aliphatic hydroxyl groups excluding tert-OH is 4. The predicted molar refractivity (Wildman–Crippen MR) is 108 cm³/mol. The quantitative estimate of drug-likeness (QED) is 0.438. The van der Waals surface area contributed by atoms with Gasteiger partial charge >= 0.3 is 0 Å². The topological polar surface area (TPSA) is 137 Å². The number of hydrogen-bond donors (Lipinski definition) is 4. The summed E-state index contributed by atoms with van der Waals surface area (Å²) in [5, 5.41) is 40.5. The maximum atomic E-state index is 10.8. The molecule has 3 heterocycles. The summed E-state index contributed by atoms with van der Waals surface area (Å²) in [7, 11) is 1.81. The number of ether oxygens (including phenoxy) is 1. The first kappa shape index (κ1) is 20.6. The third kappa shape index (κ3) is 3.42. The van der Waals surface area contributed by atoms with E-state index in [0.717, 1.165) is 5.56 Å². The Hall–Kier alpha value is -2.63. The van der Waals surface area contributed by atoms with Gasteiger partial charge in [0, 0.05) is 7.05 Å². The minimum absolute atomic E-state index is 0.315. The fraction of sp³-hybridized carbons (Fsp3) is 0.450. The third-order valence-corrected chi connectivity index (χ3v) is 5.67. The molecule has 0 amide bonds. The maximum absolute atomic E-state index is 10.8. The Morgan fingerprint density at radius 3 is 2.53 bits per heavy atom. The molecule has 0 spiro atoms. The lowest BCUT2D eigenvalue weighted by molar-refractivity contribution is -0.0511. The molecule has 0 aliphatic carbocycles. The molecule has 1 saturated heterocycles. The van der Waals surface area contributed by atoms with E-state index in [1.165, 1.54) is 17.2 Å². The summed E-state index contributed by atoms with van der Waals surface area (Å²) in [6.45, 7) is 1.47. The van der Waals surface area contributed by atoms with Gasteiger partial charge in [-0.3, -0.25) is 4.57 Å². The molecule has 2 aromatic heterocycles. The molecular weight excluding hydrogens is 390 g/mol. The molecule has 1 aliphatic heterocycles. The van der Waals surface area contributed by atoms with Crippen LogP contribution in [0.3, 0.4) is 0 Å². The van der Waals surface area contributed by atoms with Crippen LogP contribution in [0.25, 0.3) is 11.2 Å². The molecule has 1 fully saturated rings. The van der Waals surface area contributed by atoms with E-state index < -0.39 is 37.3 Å². The van der Waals surface area contributed by atoms with Crippen LogP contribution in [0.15, 0.2) is 43.0 Å². The summed E-state index contributed by atoms with van der Waals surface area (Å²) in [5.41, 5.74) is 1.66. The number of fused-ring (bicyclic) bond motifs is 1. The lowest BCUT2D eigenvalue weighted by Crippen LogP contribution is -2.35. The number of imidazole rings is 1. The fourth-order valence-corrected chi connectivity index (χ4v) is 3.73. The standard InChI is InChI=1S/C20H25N5O5/c1-11(15(27)12-6-4-3-5-7-12)24(2)18-14-19(22-9-21-18)25(10-23-14)20-17(29)16(28)13(8-26)30-20/h3-7,9-11,13,15-17,20,26-29H,8H2,1-2H3/t11-,13?,15+,16?,17?,20?/m1/s1. The largest absolute Gasteiger partial charge is 0.394 e. The first-order valence-corrected chi connectivity index (χ1v) is 9.69. The van der Waals surface area contributed by atoms with Gasteiger partial charge in [-0.2, -0.15) is 0 Å². The Kier molecular flexibility index (Phi) is 5.67. The van der Waals surface area contributed by atoms with E-state index in [1.807, 2.05) is 49.2 Å². The van der Waals surface area contributed by atoms with E-state index in [0.29, 0.717) is 17.0 Å². The van der Waals surface area contributed by atoms with Crippen molar-refractivity contribution in [1.82, 2.24) is 19.5 Å². The van der Waals surface area contributed by atoms with Crippen molar-refractivity contribution in [2.24, 2.45) is 0 Å². The predicted octanol–water partition coefficient (Wildman–Crippen LogP) is -0.00390. The summed E-state index contributed by atoms with van der Waals surface area (Å²) < 4.78 is 7.10. The summed E-state index contributed by atoms with van der Waals surface area (Å²) in [5.74, 6) is 0.507. The van der Waals surface area contributed by atoms with Gasteiger partial charge < -0.3 is 30.1 Å². The third-order valence-electron chi connectivity index (χ3n) is 5.67. The SMILES string of the molecule is C[C@H]([C@H](O)c1ccccc1)N(C)c1ncnc2c1ncn2C1OC(CO)C(O)C1O. The molecule has 4 unspecified atom stereocenters. The summed E-state index contributed by atoms with van der Waals surface area (Å²) in [6, 6.07) is 9.04. The Balaban J connectivity index is 1.65. The maximum Gasteiger partial charge on any atom is 0.167 e. The van der Waals surface area contributed by atoms with Crippen LogP contribution in [0.2, 0.25) is 0 Å². The zero-order chi connectivity index (χ0) is 21.4. The molecule has 1 aromatic carbocycles. The Morgan fingerprint density at radius 2 is 1.87 bits per heavy atom. The van der Waals surface area contributed by atoms with E-state index in [4.69, 9.17) is 4.74 Å². The van der Waals surface area contributed by atoms with E-state index in [2.05, 4.69) is 15.0 Å². The van der Waals surface area contributed by atoms with Gasteiger partial charge in [0.05, 0.1) is 25.1 Å². The van der Waals surface area contributed by atoms with Crippen LogP contribution in [0.4, 0.5) is 5.82 Å². The van der Waals surface area contributed by atoms with Crippen molar-refractivity contribution in [3.05, 3.63) is 48.5 Å². The van der Waals surface area contributed by atoms with Crippen LogP contribution in [0.1, 0.15) is 24.8 Å². The first-order chi connectivity index (χ1) is 14.4. The highest BCUT2D eigenvalue weighted by molar-refractivity contribution is 5.83. The minimum atomic E-state index is -1.24. The summed E-state index contributed by atoms with van der Waals surface area (Å²) in [4.78, 5) is 14.8. The molecule has 0 bridgehead atoms. The van der Waals surface area contributed by atoms with Gasteiger partial charge in [0.25, 0.3) is 0 Å². The van der Waals surface area contributed by atoms with E-state index in [9.17, 15) is 20.4 Å². The molecule has 30 heavy (non-hydrogen) atoms. The number of aliphatic hydroxyl groups is 4. The van der Waals surface area contributed by atoms with Crippen molar-refractivity contribution in [3.8, 4) is 0 Å². The van der Waals surface area contributed by atoms with Crippen molar-refractivity contribution in [3.63, 3.8) is 0 Å². The molecule has 0 radical (unpaired) electrons. The lowest BCUT2D eigenvalue weighted by Gasteiger charge is -2.30. The molecule has 6 atom stereocenters. The highest BCUT2D eigenvalue weighted by Gasteiger charge is 2.44. The molecular formula is C20H25N5O5. The van der Waals surface area contributed by atoms with Gasteiger partial charge in [-0.05, 0) is 12.5 Å². The molecule has 4 rings (SSSR count). The minimum Gasteiger partial charge on any atom is -0.394 e. The number of nitrogens with zero attached hydrogens (tertiary/aromatic N) is 5. The summed E-state index contributed by atoms with van der Waals surface area (Å²) in [6.07, 6.45) is -2.22. The molecule has 3 aromatic rings. The van der Waals surface area contributed by atoms with Crippen LogP contribution in [-0.2, 0) is 4.74 Å². The van der Waals surface area contributed by atoms with Crippen molar-refractivity contribution in [2.75, 3.05) is 18.6 Å². The van der Waals surface area contributed by atoms with Gasteiger partial charge in [0.15, 0.2) is 23.2 Å². The Morgan fingerprint density at radius 1 is 1.13 bits per heavy atom. The fourth-order valence-electron chi connectivity index (χ4n) is 3.73. The number of aromatic nitrogens is 4. The van der Waals surface area contributed by atoms with E-state index >= 15 is 0 Å². The van der Waals surface area contributed by atoms with Crippen LogP contribution in [-0.4, -0.2) is 78.0 Å². The average Bonchev–Trinajstić information content (AvgIpc) is 3.33. The number of hydrogen-bond acceptors (Lipinski definition) is 9. The molecule has 10 nitrogen and oxygen atoms in total. The number of rotatable bonds is 6. The van der Waals surface area contributed by atoms with Crippen molar-refractivity contribution < 1.29 is 25.2 Å². The molecule has 1 aliphatic rings. The van der Waals surface area contributed by atoms with Crippen LogP contribution >= 0.6 is 0 Å². The second kappa shape index (κ2) is 8.25. The molecule has 160 valence electrons. The normalized spacial score (nSPS) is 26.1. The highest BCUT2D eigenvalue weighted by atomic mass is 16.6. The van der Waals surface area contributed by atoms with Crippen LogP contribution in [0, 0.1) is 0 Å². The van der Waals surface area contributed by atoms with Crippen molar-refractivity contribution >= 4 is 17.0 Å². The van der Waals surface area contributed by atoms with Crippen LogP contribution in [0.5, 0.6) is 0 Å². The second-order valence-corrected chi connectivity index (χ2v) is 7.46. The average molecular weight is 415 g/mol. The van der Waals surface area contributed by atoms with Gasteiger partial charge in [-0.25, -0.2) is 15.0 Å². The lowest BCUT2D eigenvalue weighted by atomic mass is 10.0. The first-order valence-electron chi connectivity index (χ1n) is 9.69. The molecule has 4 N–H and O–H groups in total. The molecule has 0 saturated carbocycles. The van der Waals surface area contributed by atoms with Gasteiger partial charge in [-0.1, -0.05) is 30.3 Å². The number of benzene rings is 1. The second-order valence-electron chi connectivity index (χ2n) is 7.46. The van der Waals surface area contributed by atoms with E-state index in [1.54, 1.807) is 0 Å². The van der Waals surface area contributed by atoms with Crippen LogP contribution < -0.4 is 4.90 Å². The smallest absolute Gasteiger partial charge is 0.167 e. The molecule has 10 heteroatoms. The zero-order valence-electron chi connectivity index (χ0n) is 16.6. The van der Waals surface area contributed by atoms with Gasteiger partial charge in [0.2, 0.25) is 0 Å². The summed E-state index contributed by atoms with van der Waals surface area (Å²) >= 11 is 0. The van der Waals surface area contributed by atoms with E-state index in [-0.39, 0.29) is 6.04 Å². The van der Waals surface area contributed by atoms with Crippen molar-refractivity contribution in [2.45, 2.75) is 43.6 Å². The van der Waals surface area contributed by atoms with Crippen molar-refractivity contribution in [1.29, 1.82) is 0 Å². The van der Waals surface area contributed by atoms with Gasteiger partial charge in [0.1, 0.15) is 24.6 Å². The Labute approximate surface area is 173 Å². The number of likely N-dealkylation sites (N-methyl/N-ethyl adjacent to an activating group) is 1. The Bertz CT molecular complexity index is 1000. The zero-order valence-corrected chi connectivity index (χ0v) is 16.6. The number of anilines is 1. The monoisotopic (exact) mass is 415 g/mol. The van der Waals surface area contributed by atoms with Gasteiger partial charge in [-0.15, -0.1) is 0 Å².